The summed E-state index contributed by atoms with van der Waals surface area (Å²) in [6.45, 7) is 4.32. The fraction of sp³-hybridized carbons (Fsp3) is 0.308. The van der Waals surface area contributed by atoms with E-state index in [1.54, 1.807) is 0 Å². The number of rotatable bonds is 2. The average Bonchev–Trinajstić information content (AvgIpc) is 2.97. The van der Waals surface area contributed by atoms with E-state index in [1.165, 1.54) is 5.56 Å². The van der Waals surface area contributed by atoms with E-state index in [4.69, 9.17) is 0 Å². The molecule has 2 aliphatic heterocycles. The average molecular weight is 477 g/mol. The van der Waals surface area contributed by atoms with E-state index < -0.39 is 24.0 Å². The number of hydrogen-bond acceptors (Lipinski definition) is 4. The Kier molecular flexibility index (Phi) is 4.88. The zero-order chi connectivity index (χ0) is 21.9. The lowest BCUT2D eigenvalue weighted by molar-refractivity contribution is -0.550. The molecule has 2 heterocycles. The third-order valence-corrected chi connectivity index (χ3v) is 7.77. The molecule has 0 amide bonds. The Bertz CT molecular complexity index is 1110. The molecule has 0 saturated heterocycles. The van der Waals surface area contributed by atoms with Gasteiger partial charge in [-0.15, -0.1) is 12.2 Å². The minimum absolute atomic E-state index is 0.225. The molecule has 2 aromatic carbocycles. The molecule has 31 heavy (non-hydrogen) atoms. The monoisotopic (exact) mass is 476 g/mol. The van der Waals surface area contributed by atoms with Gasteiger partial charge >= 0.3 is 0 Å². The van der Waals surface area contributed by atoms with Gasteiger partial charge in [-0.05, 0) is 41.2 Å². The number of fused-ring (bicyclic) bond motifs is 2. The molecule has 5 rings (SSSR count). The summed E-state index contributed by atoms with van der Waals surface area (Å²) >= 11 is 3.59. The summed E-state index contributed by atoms with van der Waals surface area (Å²) in [6.07, 6.45) is 5.87. The van der Waals surface area contributed by atoms with E-state index in [-0.39, 0.29) is 5.41 Å². The first kappa shape index (κ1) is 20.6. The van der Waals surface area contributed by atoms with Crippen molar-refractivity contribution in [2.24, 2.45) is 11.8 Å². The summed E-state index contributed by atoms with van der Waals surface area (Å²) in [5, 5.41) is 26.2. The van der Waals surface area contributed by atoms with Crippen molar-refractivity contribution >= 4 is 33.6 Å². The highest BCUT2D eigenvalue weighted by Crippen LogP contribution is 2.48. The first-order valence-corrected chi connectivity index (χ1v) is 11.3. The van der Waals surface area contributed by atoms with Gasteiger partial charge in [0.2, 0.25) is 0 Å². The SMILES string of the molecule is CN1C(=CC2C([O-])C(C=C3C=Cc4ccccc4N3Br)C2[O-])C(C)(C)c2ccccc21. The van der Waals surface area contributed by atoms with Crippen LogP contribution in [0.5, 0.6) is 0 Å². The van der Waals surface area contributed by atoms with Crippen LogP contribution >= 0.6 is 16.1 Å². The van der Waals surface area contributed by atoms with Crippen LogP contribution in [-0.4, -0.2) is 19.3 Å². The van der Waals surface area contributed by atoms with Gasteiger partial charge in [0, 0.05) is 29.5 Å². The van der Waals surface area contributed by atoms with Crippen LogP contribution in [0.25, 0.3) is 6.08 Å². The van der Waals surface area contributed by atoms with Crippen molar-refractivity contribution in [1.82, 2.24) is 0 Å². The van der Waals surface area contributed by atoms with Gasteiger partial charge in [-0.3, -0.25) is 3.93 Å². The zero-order valence-electron chi connectivity index (χ0n) is 17.8. The summed E-state index contributed by atoms with van der Waals surface area (Å²) < 4.78 is 1.87. The molecule has 0 spiro atoms. The molecule has 2 aromatic rings. The molecule has 0 bridgehead atoms. The Morgan fingerprint density at radius 1 is 0.871 bits per heavy atom. The van der Waals surface area contributed by atoms with Gasteiger partial charge in [-0.2, -0.15) is 0 Å². The first-order chi connectivity index (χ1) is 14.8. The van der Waals surface area contributed by atoms with Crippen molar-refractivity contribution in [2.75, 3.05) is 15.9 Å². The van der Waals surface area contributed by atoms with E-state index in [9.17, 15) is 10.2 Å². The van der Waals surface area contributed by atoms with Crippen LogP contribution in [0.15, 0.2) is 78.2 Å². The molecule has 2 atom stereocenters. The van der Waals surface area contributed by atoms with Crippen molar-refractivity contribution in [2.45, 2.75) is 31.5 Å². The normalized spacial score (nSPS) is 31.0. The molecule has 1 saturated carbocycles. The van der Waals surface area contributed by atoms with E-state index in [0.29, 0.717) is 0 Å². The lowest BCUT2D eigenvalue weighted by atomic mass is 9.67. The Balaban J connectivity index is 1.39. The number of hydrogen-bond donors (Lipinski definition) is 0. The number of nitrogens with zero attached hydrogens (tertiary/aromatic N) is 2. The summed E-state index contributed by atoms with van der Waals surface area (Å²) in [7, 11) is 2.02. The molecule has 1 aliphatic carbocycles. The van der Waals surface area contributed by atoms with Crippen LogP contribution < -0.4 is 19.0 Å². The van der Waals surface area contributed by atoms with Gasteiger partial charge in [0.05, 0.1) is 21.8 Å². The first-order valence-electron chi connectivity index (χ1n) is 10.6. The highest BCUT2D eigenvalue weighted by atomic mass is 79.9. The highest BCUT2D eigenvalue weighted by molar-refractivity contribution is 9.10. The van der Waals surface area contributed by atoms with Crippen molar-refractivity contribution in [3.8, 4) is 0 Å². The Morgan fingerprint density at radius 2 is 1.48 bits per heavy atom. The predicted octanol–water partition coefficient (Wildman–Crippen LogP) is 3.73. The molecule has 1 fully saturated rings. The minimum atomic E-state index is -0.943. The van der Waals surface area contributed by atoms with Crippen LogP contribution in [0.4, 0.5) is 11.4 Å². The molecule has 160 valence electrons. The molecule has 5 heteroatoms. The molecule has 2 unspecified atom stereocenters. The van der Waals surface area contributed by atoms with Crippen molar-refractivity contribution in [3.05, 3.63) is 89.3 Å². The standard InChI is InChI=1S/C26H25BrN2O2/c1-26(2)20-9-5-7-11-22(20)28(3)23(26)15-19-24(30)18(25(19)31)14-17-13-12-16-8-4-6-10-21(16)29(17)27/h4-15,18-19,24-25H,1-3H3/q-2. The Morgan fingerprint density at radius 3 is 2.19 bits per heavy atom. The summed E-state index contributed by atoms with van der Waals surface area (Å²) in [5.41, 5.74) is 6.12. The quantitative estimate of drug-likeness (QED) is 0.619. The minimum Gasteiger partial charge on any atom is -0.851 e. The Labute approximate surface area is 192 Å². The maximum atomic E-state index is 13.1. The van der Waals surface area contributed by atoms with Crippen molar-refractivity contribution in [3.63, 3.8) is 0 Å². The summed E-state index contributed by atoms with van der Waals surface area (Å²) in [6, 6.07) is 16.3. The zero-order valence-corrected chi connectivity index (χ0v) is 19.4. The van der Waals surface area contributed by atoms with Crippen LogP contribution in [-0.2, 0) is 5.41 Å². The number of anilines is 2. The molecule has 0 aromatic heterocycles. The second kappa shape index (κ2) is 7.37. The van der Waals surface area contributed by atoms with E-state index in [0.717, 1.165) is 28.3 Å². The smallest absolute Gasteiger partial charge is 0.0597 e. The Hall–Kier alpha value is -2.34. The number of likely N-dealkylation sites (N-methyl/N-ethyl adjacent to an activating group) is 1. The number of para-hydroxylation sites is 2. The van der Waals surface area contributed by atoms with E-state index >= 15 is 0 Å². The van der Waals surface area contributed by atoms with E-state index in [1.807, 2.05) is 71.7 Å². The largest absolute Gasteiger partial charge is 0.851 e. The number of allylic oxidation sites excluding steroid dienone is 2. The molecular formula is C26H25BrN2O2-2. The van der Waals surface area contributed by atoms with Crippen molar-refractivity contribution < 1.29 is 10.2 Å². The fourth-order valence-electron chi connectivity index (χ4n) is 5.11. The van der Waals surface area contributed by atoms with Gasteiger partial charge in [-0.25, -0.2) is 0 Å². The van der Waals surface area contributed by atoms with Gasteiger partial charge < -0.3 is 15.1 Å². The van der Waals surface area contributed by atoms with Crippen LogP contribution in [0.1, 0.15) is 25.0 Å². The second-order valence-electron chi connectivity index (χ2n) is 9.10. The van der Waals surface area contributed by atoms with Crippen molar-refractivity contribution in [1.29, 1.82) is 0 Å². The molecular weight excluding hydrogens is 452 g/mol. The predicted molar refractivity (Wildman–Crippen MR) is 125 cm³/mol. The van der Waals surface area contributed by atoms with Crippen LogP contribution in [0.2, 0.25) is 0 Å². The number of halogens is 1. The molecule has 0 radical (unpaired) electrons. The van der Waals surface area contributed by atoms with Gasteiger partial charge in [0.25, 0.3) is 0 Å². The maximum Gasteiger partial charge on any atom is 0.0597 e. The van der Waals surface area contributed by atoms with Gasteiger partial charge in [0.15, 0.2) is 0 Å². The van der Waals surface area contributed by atoms with Crippen LogP contribution in [0, 0.1) is 11.8 Å². The highest BCUT2D eigenvalue weighted by Gasteiger charge is 2.41. The van der Waals surface area contributed by atoms with Gasteiger partial charge in [0.1, 0.15) is 0 Å². The lowest BCUT2D eigenvalue weighted by Crippen LogP contribution is -2.66. The lowest BCUT2D eigenvalue weighted by Gasteiger charge is -2.60. The third kappa shape index (κ3) is 3.10. The molecule has 0 N–H and O–H groups in total. The maximum absolute atomic E-state index is 13.1. The molecule has 3 aliphatic rings. The summed E-state index contributed by atoms with van der Waals surface area (Å²) in [4.78, 5) is 2.13. The van der Waals surface area contributed by atoms with Crippen LogP contribution in [0.3, 0.4) is 0 Å². The number of benzene rings is 2. The fourth-order valence-corrected chi connectivity index (χ4v) is 5.67. The second-order valence-corrected chi connectivity index (χ2v) is 9.81. The topological polar surface area (TPSA) is 52.6 Å². The van der Waals surface area contributed by atoms with E-state index in [2.05, 4.69) is 47.0 Å². The third-order valence-electron chi connectivity index (χ3n) is 6.98. The summed E-state index contributed by atoms with van der Waals surface area (Å²) in [5.74, 6) is -1.06. The molecule has 4 nitrogen and oxygen atoms in total. The van der Waals surface area contributed by atoms with Gasteiger partial charge in [-0.1, -0.05) is 68.5 Å².